The Morgan fingerprint density at radius 3 is 2.12 bits per heavy atom. The number of nitrogens with two attached hydrogens (primary N) is 1. The Hall–Kier alpha value is -0.883. The third-order valence-corrected chi connectivity index (χ3v) is 7.67. The van der Waals surface area contributed by atoms with E-state index in [1.54, 1.807) is 0 Å². The molecule has 0 spiro atoms. The van der Waals surface area contributed by atoms with E-state index in [4.69, 9.17) is 15.3 Å². The third kappa shape index (κ3) is 5.32. The number of primary amides is 1. The highest BCUT2D eigenvalue weighted by Gasteiger charge is 2.40. The van der Waals surface area contributed by atoms with Gasteiger partial charge in [-0.05, 0) is 24.6 Å². The minimum Gasteiger partial charge on any atom is -0.481 e. The Bertz CT molecular complexity index is 296. The predicted molar refractivity (Wildman–Crippen MR) is 68.1 cm³/mol. The van der Waals surface area contributed by atoms with Gasteiger partial charge in [-0.15, -0.1) is 0 Å². The first kappa shape index (κ1) is 16.1. The lowest BCUT2D eigenvalue weighted by Gasteiger charge is -2.38. The van der Waals surface area contributed by atoms with Crippen molar-refractivity contribution in [2.45, 2.75) is 57.8 Å². The van der Waals surface area contributed by atoms with Gasteiger partial charge in [-0.2, -0.15) is 0 Å². The topological polar surface area (TPSA) is 89.6 Å². The van der Waals surface area contributed by atoms with Gasteiger partial charge in [-0.3, -0.25) is 9.59 Å². The molecule has 1 atom stereocenters. The molecule has 17 heavy (non-hydrogen) atoms. The van der Waals surface area contributed by atoms with Crippen LogP contribution in [0.15, 0.2) is 0 Å². The van der Waals surface area contributed by atoms with Gasteiger partial charge in [0.05, 0.1) is 0 Å². The quantitative estimate of drug-likeness (QED) is 0.712. The van der Waals surface area contributed by atoms with Crippen molar-refractivity contribution >= 4 is 20.2 Å². The summed E-state index contributed by atoms with van der Waals surface area (Å²) in [6, 6.07) is 0. The Kier molecular flexibility index (Phi) is 5.34. The van der Waals surface area contributed by atoms with Gasteiger partial charge in [-0.1, -0.05) is 20.8 Å². The summed E-state index contributed by atoms with van der Waals surface area (Å²) in [5.74, 6) is -1.54. The first-order valence-corrected chi connectivity index (χ1v) is 8.57. The van der Waals surface area contributed by atoms with E-state index in [0.717, 1.165) is 0 Å². The van der Waals surface area contributed by atoms with Crippen molar-refractivity contribution in [3.05, 3.63) is 0 Å². The first-order valence-electron chi connectivity index (χ1n) is 5.66. The molecule has 0 saturated heterocycles. The molecule has 0 aromatic rings. The smallest absolute Gasteiger partial charge is 0.303 e. The zero-order chi connectivity index (χ0) is 13.9. The summed E-state index contributed by atoms with van der Waals surface area (Å²) in [5, 5.41) is 8.57. The first-order chi connectivity index (χ1) is 7.47. The second-order valence-electron chi connectivity index (χ2n) is 5.70. The Balaban J connectivity index is 4.66. The molecular formula is C11H23NO4Si. The molecular weight excluding hydrogens is 238 g/mol. The zero-order valence-electron chi connectivity index (χ0n) is 11.2. The summed E-state index contributed by atoms with van der Waals surface area (Å²) in [6.45, 7) is 10.2. The Morgan fingerprint density at radius 2 is 1.82 bits per heavy atom. The van der Waals surface area contributed by atoms with Crippen LogP contribution in [0.3, 0.4) is 0 Å². The molecule has 1 amide bonds. The van der Waals surface area contributed by atoms with Gasteiger partial charge in [0.2, 0.25) is 5.91 Å². The van der Waals surface area contributed by atoms with Crippen LogP contribution in [0.2, 0.25) is 18.1 Å². The van der Waals surface area contributed by atoms with Crippen molar-refractivity contribution in [3.63, 3.8) is 0 Å². The molecule has 0 aliphatic heterocycles. The number of hydrogen-bond donors (Lipinski definition) is 2. The molecule has 0 aliphatic rings. The molecule has 0 heterocycles. The van der Waals surface area contributed by atoms with Crippen LogP contribution < -0.4 is 5.73 Å². The predicted octanol–water partition coefficient (Wildman–Crippen LogP) is 1.73. The number of amides is 1. The van der Waals surface area contributed by atoms with Gasteiger partial charge in [0.15, 0.2) is 8.32 Å². The highest BCUT2D eigenvalue weighted by Crippen LogP contribution is 2.37. The van der Waals surface area contributed by atoms with Crippen LogP contribution in [0.5, 0.6) is 0 Å². The van der Waals surface area contributed by atoms with E-state index in [2.05, 4.69) is 20.8 Å². The lowest BCUT2D eigenvalue weighted by molar-refractivity contribution is -0.138. The fourth-order valence-corrected chi connectivity index (χ4v) is 2.35. The molecule has 0 bridgehead atoms. The summed E-state index contributed by atoms with van der Waals surface area (Å²) in [7, 11) is -2.10. The maximum atomic E-state index is 11.2. The number of carbonyl (C=O) groups excluding carboxylic acids is 1. The van der Waals surface area contributed by atoms with Crippen molar-refractivity contribution in [1.82, 2.24) is 0 Å². The van der Waals surface area contributed by atoms with Crippen LogP contribution in [0.25, 0.3) is 0 Å². The van der Waals surface area contributed by atoms with E-state index in [1.807, 2.05) is 13.1 Å². The Morgan fingerprint density at radius 1 is 1.35 bits per heavy atom. The third-order valence-electron chi connectivity index (χ3n) is 3.18. The van der Waals surface area contributed by atoms with E-state index in [1.165, 1.54) is 0 Å². The minimum absolute atomic E-state index is 0.0378. The van der Waals surface area contributed by atoms with Crippen molar-refractivity contribution < 1.29 is 19.1 Å². The summed E-state index contributed by atoms with van der Waals surface area (Å²) in [6.07, 6.45) is -0.772. The lowest BCUT2D eigenvalue weighted by Crippen LogP contribution is -2.47. The van der Waals surface area contributed by atoms with Crippen LogP contribution in [0.4, 0.5) is 0 Å². The molecule has 5 nitrogen and oxygen atoms in total. The largest absolute Gasteiger partial charge is 0.481 e. The van der Waals surface area contributed by atoms with Gasteiger partial charge >= 0.3 is 5.97 Å². The maximum Gasteiger partial charge on any atom is 0.303 e. The summed E-state index contributed by atoms with van der Waals surface area (Å²) < 4.78 is 5.82. The molecule has 0 aromatic heterocycles. The van der Waals surface area contributed by atoms with Crippen LogP contribution in [0, 0.1) is 0 Å². The summed E-state index contributed by atoms with van der Waals surface area (Å²) in [5.41, 5.74) is 5.24. The van der Waals surface area contributed by atoms with E-state index < -0.39 is 26.3 Å². The number of carbonyl (C=O) groups is 2. The molecule has 0 rings (SSSR count). The van der Waals surface area contributed by atoms with Gasteiger partial charge in [-0.25, -0.2) is 0 Å². The van der Waals surface area contributed by atoms with Crippen LogP contribution in [-0.4, -0.2) is 31.4 Å². The van der Waals surface area contributed by atoms with Crippen molar-refractivity contribution in [3.8, 4) is 0 Å². The zero-order valence-corrected chi connectivity index (χ0v) is 12.2. The van der Waals surface area contributed by atoms with Gasteiger partial charge in [0, 0.05) is 6.42 Å². The molecule has 0 aliphatic carbocycles. The van der Waals surface area contributed by atoms with Crippen LogP contribution in [0.1, 0.15) is 33.6 Å². The second-order valence-corrected chi connectivity index (χ2v) is 10.5. The molecule has 3 N–H and O–H groups in total. The van der Waals surface area contributed by atoms with E-state index in [9.17, 15) is 9.59 Å². The highest BCUT2D eigenvalue weighted by atomic mass is 28.4. The summed E-state index contributed by atoms with van der Waals surface area (Å²) in [4.78, 5) is 21.7. The normalized spacial score (nSPS) is 14.4. The Labute approximate surface area is 103 Å². The van der Waals surface area contributed by atoms with Crippen LogP contribution in [-0.2, 0) is 14.0 Å². The average molecular weight is 261 g/mol. The van der Waals surface area contributed by atoms with E-state index in [0.29, 0.717) is 0 Å². The number of carboxylic acid groups (broad SMARTS) is 1. The minimum atomic E-state index is -2.10. The number of aliphatic carboxylic acids is 1. The monoisotopic (exact) mass is 261 g/mol. The van der Waals surface area contributed by atoms with Crippen molar-refractivity contribution in [2.24, 2.45) is 5.73 Å². The average Bonchev–Trinajstić information content (AvgIpc) is 2.09. The molecule has 0 saturated carbocycles. The SMILES string of the molecule is CC(C)(C)[Si](C)(C)O[C@@H](CCC(=O)O)C(N)=O. The van der Waals surface area contributed by atoms with Crippen molar-refractivity contribution in [1.29, 1.82) is 0 Å². The van der Waals surface area contributed by atoms with Gasteiger partial charge in [0.1, 0.15) is 6.10 Å². The molecule has 0 unspecified atom stereocenters. The molecule has 6 heteroatoms. The second kappa shape index (κ2) is 5.64. The highest BCUT2D eigenvalue weighted by molar-refractivity contribution is 6.74. The fourth-order valence-electron chi connectivity index (χ4n) is 1.05. The lowest BCUT2D eigenvalue weighted by atomic mass is 10.2. The van der Waals surface area contributed by atoms with E-state index in [-0.39, 0.29) is 17.9 Å². The standard InChI is InChI=1S/C11H23NO4Si/c1-11(2,3)17(4,5)16-8(10(12)15)6-7-9(13)14/h8H,6-7H2,1-5H3,(H2,12,15)(H,13,14)/t8-/m0/s1. The number of carboxylic acids is 1. The summed E-state index contributed by atoms with van der Waals surface area (Å²) >= 11 is 0. The van der Waals surface area contributed by atoms with Crippen LogP contribution >= 0.6 is 0 Å². The van der Waals surface area contributed by atoms with Gasteiger partial charge < -0.3 is 15.3 Å². The maximum absolute atomic E-state index is 11.2. The molecule has 0 aromatic carbocycles. The number of hydrogen-bond acceptors (Lipinski definition) is 3. The molecule has 0 radical (unpaired) electrons. The molecule has 100 valence electrons. The van der Waals surface area contributed by atoms with Gasteiger partial charge in [0.25, 0.3) is 0 Å². The fraction of sp³-hybridized carbons (Fsp3) is 0.818. The van der Waals surface area contributed by atoms with E-state index >= 15 is 0 Å². The number of rotatable bonds is 6. The molecule has 0 fully saturated rings. The van der Waals surface area contributed by atoms with Crippen molar-refractivity contribution in [2.75, 3.05) is 0 Å².